The first-order valence-corrected chi connectivity index (χ1v) is 7.22. The van der Waals surface area contributed by atoms with Gasteiger partial charge in [0, 0.05) is 18.1 Å². The van der Waals surface area contributed by atoms with Crippen molar-refractivity contribution in [2.75, 3.05) is 0 Å². The summed E-state index contributed by atoms with van der Waals surface area (Å²) in [6, 6.07) is 0. The number of hydrogen-bond acceptors (Lipinski definition) is 3. The van der Waals surface area contributed by atoms with Gasteiger partial charge in [-0.3, -0.25) is 14.0 Å². The maximum Gasteiger partial charge on any atom is 0.307 e. The average Bonchev–Trinajstić information content (AvgIpc) is 2.86. The molecule has 2 aromatic heterocycles. The molecule has 0 bridgehead atoms. The monoisotopic (exact) mass is 315 g/mol. The molecule has 0 aliphatic carbocycles. The highest BCUT2D eigenvalue weighted by molar-refractivity contribution is 9.10. The Hall–Kier alpha value is -0.880. The van der Waals surface area contributed by atoms with Gasteiger partial charge in [0.25, 0.3) is 0 Å². The van der Waals surface area contributed by atoms with Crippen LogP contribution in [0.1, 0.15) is 25.2 Å². The first-order valence-electron chi connectivity index (χ1n) is 5.55. The third-order valence-electron chi connectivity index (χ3n) is 2.66. The molecule has 0 radical (unpaired) electrons. The van der Waals surface area contributed by atoms with Crippen molar-refractivity contribution in [3.05, 3.63) is 37.1 Å². The van der Waals surface area contributed by atoms with E-state index in [1.165, 1.54) is 11.3 Å². The zero-order valence-electron chi connectivity index (χ0n) is 9.81. The largest absolute Gasteiger partial charge is 0.307 e. The quantitative estimate of drug-likeness (QED) is 0.869. The molecule has 6 heteroatoms. The number of thiazole rings is 1. The van der Waals surface area contributed by atoms with Crippen molar-refractivity contribution in [2.45, 2.75) is 33.4 Å². The Labute approximate surface area is 112 Å². The van der Waals surface area contributed by atoms with Crippen LogP contribution in [0.2, 0.25) is 0 Å². The second-order valence-corrected chi connectivity index (χ2v) is 5.32. The predicted molar refractivity (Wildman–Crippen MR) is 72.7 cm³/mol. The molecule has 17 heavy (non-hydrogen) atoms. The Kier molecular flexibility index (Phi) is 3.83. The predicted octanol–water partition coefficient (Wildman–Crippen LogP) is 2.50. The van der Waals surface area contributed by atoms with Gasteiger partial charge in [-0.2, -0.15) is 5.10 Å². The van der Waals surface area contributed by atoms with Gasteiger partial charge < -0.3 is 0 Å². The molecule has 0 amide bonds. The zero-order chi connectivity index (χ0) is 12.4. The van der Waals surface area contributed by atoms with Gasteiger partial charge in [0.2, 0.25) is 0 Å². The molecular formula is C11H14BrN3OS. The van der Waals surface area contributed by atoms with Crippen LogP contribution in [0.4, 0.5) is 0 Å². The minimum atomic E-state index is 0.0683. The second-order valence-electron chi connectivity index (χ2n) is 3.67. The topological polar surface area (TPSA) is 39.8 Å². The normalized spacial score (nSPS) is 11.0. The van der Waals surface area contributed by atoms with E-state index >= 15 is 0 Å². The number of aromatic nitrogens is 3. The van der Waals surface area contributed by atoms with Crippen LogP contribution in [0.5, 0.6) is 0 Å². The van der Waals surface area contributed by atoms with Crippen molar-refractivity contribution in [1.82, 2.24) is 14.3 Å². The molecule has 0 fully saturated rings. The van der Waals surface area contributed by atoms with Crippen molar-refractivity contribution in [3.8, 4) is 0 Å². The van der Waals surface area contributed by atoms with Crippen molar-refractivity contribution >= 4 is 27.3 Å². The summed E-state index contributed by atoms with van der Waals surface area (Å²) in [7, 11) is 0. The van der Waals surface area contributed by atoms with E-state index in [0.717, 1.165) is 28.8 Å². The third-order valence-corrected chi connectivity index (χ3v) is 4.27. The molecule has 0 spiro atoms. The van der Waals surface area contributed by atoms with E-state index in [1.54, 1.807) is 4.57 Å². The van der Waals surface area contributed by atoms with E-state index in [0.29, 0.717) is 6.54 Å². The van der Waals surface area contributed by atoms with Gasteiger partial charge in [-0.1, -0.05) is 18.3 Å². The fourth-order valence-corrected chi connectivity index (χ4v) is 3.01. The molecule has 2 aromatic rings. The molecule has 0 aliphatic heterocycles. The maximum atomic E-state index is 11.5. The summed E-state index contributed by atoms with van der Waals surface area (Å²) in [5, 5.41) is 6.32. The SMILES string of the molecule is CCc1nn(CC)c(Cn2ccsc2=O)c1Br. The molecule has 0 saturated heterocycles. The molecular weight excluding hydrogens is 302 g/mol. The van der Waals surface area contributed by atoms with Gasteiger partial charge in [0.05, 0.1) is 22.4 Å². The van der Waals surface area contributed by atoms with Crippen molar-refractivity contribution in [2.24, 2.45) is 0 Å². The van der Waals surface area contributed by atoms with Gasteiger partial charge in [-0.15, -0.1) is 0 Å². The van der Waals surface area contributed by atoms with E-state index in [4.69, 9.17) is 0 Å². The standard InChI is InChI=1S/C11H14BrN3OS/c1-3-8-10(12)9(15(4-2)13-8)7-14-5-6-17-11(14)16/h5-6H,3-4,7H2,1-2H3. The molecule has 2 rings (SSSR count). The summed E-state index contributed by atoms with van der Waals surface area (Å²) < 4.78 is 4.69. The van der Waals surface area contributed by atoms with E-state index in [-0.39, 0.29) is 4.87 Å². The maximum absolute atomic E-state index is 11.5. The van der Waals surface area contributed by atoms with Gasteiger partial charge in [0.15, 0.2) is 0 Å². The number of hydrogen-bond donors (Lipinski definition) is 0. The summed E-state index contributed by atoms with van der Waals surface area (Å²) in [6.07, 6.45) is 2.71. The van der Waals surface area contributed by atoms with E-state index < -0.39 is 0 Å². The fraction of sp³-hybridized carbons (Fsp3) is 0.455. The van der Waals surface area contributed by atoms with Crippen LogP contribution < -0.4 is 4.87 Å². The van der Waals surface area contributed by atoms with Crippen molar-refractivity contribution in [1.29, 1.82) is 0 Å². The fourth-order valence-electron chi connectivity index (χ4n) is 1.74. The second kappa shape index (κ2) is 5.18. The number of aryl methyl sites for hydroxylation is 2. The van der Waals surface area contributed by atoms with E-state index in [2.05, 4.69) is 34.9 Å². The van der Waals surface area contributed by atoms with Crippen LogP contribution in [0.25, 0.3) is 0 Å². The number of nitrogens with zero attached hydrogens (tertiary/aromatic N) is 3. The van der Waals surface area contributed by atoms with E-state index in [9.17, 15) is 4.79 Å². The minimum absolute atomic E-state index is 0.0683. The highest BCUT2D eigenvalue weighted by Crippen LogP contribution is 2.22. The summed E-state index contributed by atoms with van der Waals surface area (Å²) in [5.74, 6) is 0. The molecule has 0 N–H and O–H groups in total. The lowest BCUT2D eigenvalue weighted by molar-refractivity contribution is 0.592. The summed E-state index contributed by atoms with van der Waals surface area (Å²) in [5.41, 5.74) is 2.11. The van der Waals surface area contributed by atoms with Crippen LogP contribution >= 0.6 is 27.3 Å². The smallest absolute Gasteiger partial charge is 0.300 e. The van der Waals surface area contributed by atoms with Crippen LogP contribution in [0.3, 0.4) is 0 Å². The first-order chi connectivity index (χ1) is 8.17. The van der Waals surface area contributed by atoms with Crippen LogP contribution in [-0.2, 0) is 19.5 Å². The van der Waals surface area contributed by atoms with Crippen LogP contribution in [0, 0.1) is 0 Å². The Morgan fingerprint density at radius 2 is 2.24 bits per heavy atom. The van der Waals surface area contributed by atoms with Gasteiger partial charge in [0.1, 0.15) is 0 Å². The minimum Gasteiger partial charge on any atom is -0.300 e. The molecule has 92 valence electrons. The Balaban J connectivity index is 2.41. The van der Waals surface area contributed by atoms with Crippen LogP contribution in [-0.4, -0.2) is 14.3 Å². The average molecular weight is 316 g/mol. The molecule has 0 aliphatic rings. The molecule has 0 saturated carbocycles. The van der Waals surface area contributed by atoms with E-state index in [1.807, 2.05) is 16.3 Å². The molecule has 0 atom stereocenters. The molecule has 0 unspecified atom stereocenters. The molecule has 0 aromatic carbocycles. The summed E-state index contributed by atoms with van der Waals surface area (Å²) in [6.45, 7) is 5.52. The number of halogens is 1. The Bertz CT molecular complexity index is 570. The van der Waals surface area contributed by atoms with Gasteiger partial charge in [-0.05, 0) is 29.3 Å². The highest BCUT2D eigenvalue weighted by Gasteiger charge is 2.14. The molecule has 2 heterocycles. The van der Waals surface area contributed by atoms with Gasteiger partial charge in [-0.25, -0.2) is 0 Å². The highest BCUT2D eigenvalue weighted by atomic mass is 79.9. The van der Waals surface area contributed by atoms with Crippen molar-refractivity contribution in [3.63, 3.8) is 0 Å². The Morgan fingerprint density at radius 1 is 1.47 bits per heavy atom. The third kappa shape index (κ3) is 2.37. The van der Waals surface area contributed by atoms with Crippen LogP contribution in [0.15, 0.2) is 20.8 Å². The number of rotatable bonds is 4. The van der Waals surface area contributed by atoms with Crippen molar-refractivity contribution < 1.29 is 0 Å². The molecule has 4 nitrogen and oxygen atoms in total. The summed E-state index contributed by atoms with van der Waals surface area (Å²) in [4.78, 5) is 11.6. The lowest BCUT2D eigenvalue weighted by atomic mass is 10.3. The van der Waals surface area contributed by atoms with Gasteiger partial charge >= 0.3 is 4.87 Å². The zero-order valence-corrected chi connectivity index (χ0v) is 12.2. The summed E-state index contributed by atoms with van der Waals surface area (Å²) >= 11 is 4.80. The lowest BCUT2D eigenvalue weighted by Gasteiger charge is -2.05. The first kappa shape index (κ1) is 12.6. The lowest BCUT2D eigenvalue weighted by Crippen LogP contribution is -2.16. The Morgan fingerprint density at radius 3 is 2.76 bits per heavy atom.